The zero-order chi connectivity index (χ0) is 17.5. The minimum absolute atomic E-state index is 0.00635. The van der Waals surface area contributed by atoms with E-state index in [1.165, 1.54) is 16.5 Å². The van der Waals surface area contributed by atoms with Crippen molar-refractivity contribution in [2.45, 2.75) is 37.6 Å². The first kappa shape index (κ1) is 17.3. The van der Waals surface area contributed by atoms with Gasteiger partial charge in [-0.25, -0.2) is 0 Å². The van der Waals surface area contributed by atoms with E-state index in [0.717, 1.165) is 11.9 Å². The number of halogens is 1. The summed E-state index contributed by atoms with van der Waals surface area (Å²) in [6, 6.07) is 8.53. The smallest absolute Gasteiger partial charge is 0.0456 e. The van der Waals surface area contributed by atoms with Crippen LogP contribution in [0.2, 0.25) is 0 Å². The number of fused-ring (bicyclic) bond motifs is 1. The third kappa shape index (κ3) is 2.53. The second-order valence-electron chi connectivity index (χ2n) is 7.24. The van der Waals surface area contributed by atoms with Crippen molar-refractivity contribution in [2.75, 3.05) is 7.05 Å². The molecule has 0 saturated heterocycles. The zero-order valence-electron chi connectivity index (χ0n) is 14.7. The van der Waals surface area contributed by atoms with Gasteiger partial charge in [-0.1, -0.05) is 43.4 Å². The van der Waals surface area contributed by atoms with Gasteiger partial charge in [0.25, 0.3) is 0 Å². The van der Waals surface area contributed by atoms with E-state index in [-0.39, 0.29) is 22.8 Å². The fraction of sp³-hybridized carbons (Fsp3) is 0.429. The summed E-state index contributed by atoms with van der Waals surface area (Å²) in [5, 5.41) is 6.06. The van der Waals surface area contributed by atoms with Gasteiger partial charge in [-0.05, 0) is 42.2 Å². The molecule has 2 nitrogen and oxygen atoms in total. The number of para-hydroxylation sites is 1. The molecule has 0 aliphatic heterocycles. The van der Waals surface area contributed by atoms with Gasteiger partial charge in [-0.3, -0.25) is 0 Å². The number of nitrogens with zero attached hydrogens (tertiary/aromatic N) is 1. The van der Waals surface area contributed by atoms with Gasteiger partial charge in [0, 0.05) is 22.5 Å². The lowest BCUT2D eigenvalue weighted by Gasteiger charge is -2.57. The molecule has 1 aliphatic rings. The van der Waals surface area contributed by atoms with Gasteiger partial charge in [0.2, 0.25) is 0 Å². The summed E-state index contributed by atoms with van der Waals surface area (Å²) in [6.07, 6.45) is 5.04. The van der Waals surface area contributed by atoms with Gasteiger partial charge in [-0.2, -0.15) is 7.05 Å². The number of alkyl halides is 1. The van der Waals surface area contributed by atoms with Gasteiger partial charge in [0.05, 0.1) is 0 Å². The molecule has 0 unspecified atom stereocenters. The van der Waals surface area contributed by atoms with E-state index >= 15 is 0 Å². The van der Waals surface area contributed by atoms with Crippen molar-refractivity contribution in [1.29, 1.82) is 0 Å². The van der Waals surface area contributed by atoms with Crippen molar-refractivity contribution in [2.24, 2.45) is 11.3 Å². The summed E-state index contributed by atoms with van der Waals surface area (Å²) in [5.74, 6) is 0.565. The van der Waals surface area contributed by atoms with Crippen LogP contribution in [0.15, 0.2) is 55.3 Å². The second kappa shape index (κ2) is 6.42. The molecule has 0 amide bonds. The summed E-state index contributed by atoms with van der Waals surface area (Å²) >= 11 is 6.80. The lowest BCUT2D eigenvalue weighted by atomic mass is 9.59. The van der Waals surface area contributed by atoms with Crippen molar-refractivity contribution in [3.05, 3.63) is 66.1 Å². The average Bonchev–Trinajstić information content (AvgIpc) is 3.00. The van der Waals surface area contributed by atoms with Crippen LogP contribution in [0.25, 0.3) is 16.2 Å². The topological polar surface area (TPSA) is 29.9 Å². The van der Waals surface area contributed by atoms with E-state index < -0.39 is 0 Å². The molecule has 5 atom stereocenters. The molecule has 0 bridgehead atoms. The molecule has 2 aromatic rings. The SMILES string of the molecule is C=C[C@]1(C)[C@H](Cl)C[C@H](C(=C)C)[C@@H](c2c[nH]c3ccccc23)[C@H]1[N-]C. The standard InChI is InChI=1S/C21H26ClN2/c1-6-21(4)18(22)11-15(13(2)3)19(20(21)23-5)16-12-24-17-10-8-7-9-14(16)17/h6-10,12,15,18-20,24H,1-2,11H2,3-5H3/q-1/t15-,18-,19+,20-,21-/m1/s1. The lowest BCUT2D eigenvalue weighted by Crippen LogP contribution is -2.49. The van der Waals surface area contributed by atoms with Crippen LogP contribution in [0, 0.1) is 11.3 Å². The van der Waals surface area contributed by atoms with Gasteiger partial charge in [-0.15, -0.1) is 24.2 Å². The summed E-state index contributed by atoms with van der Waals surface area (Å²) in [7, 11) is 1.90. The molecule has 3 rings (SSSR count). The van der Waals surface area contributed by atoms with E-state index in [1.54, 1.807) is 0 Å². The van der Waals surface area contributed by atoms with Gasteiger partial charge < -0.3 is 10.3 Å². The molecule has 0 spiro atoms. The molecule has 1 heterocycles. The number of H-pyrrole nitrogens is 1. The van der Waals surface area contributed by atoms with Crippen LogP contribution in [0.5, 0.6) is 0 Å². The molecule has 1 N–H and O–H groups in total. The van der Waals surface area contributed by atoms with E-state index in [1.807, 2.05) is 13.1 Å². The van der Waals surface area contributed by atoms with Crippen LogP contribution in [0.1, 0.15) is 31.7 Å². The molecular formula is C21H26ClN2-. The van der Waals surface area contributed by atoms with Crippen LogP contribution in [-0.4, -0.2) is 23.5 Å². The third-order valence-corrected chi connectivity index (χ3v) is 6.53. The Balaban J connectivity index is 2.19. The minimum atomic E-state index is -0.231. The average molecular weight is 342 g/mol. The maximum absolute atomic E-state index is 6.80. The number of benzene rings is 1. The molecular weight excluding hydrogens is 316 g/mol. The number of aromatic nitrogens is 1. The number of hydrogen-bond donors (Lipinski definition) is 1. The van der Waals surface area contributed by atoms with Crippen LogP contribution < -0.4 is 0 Å². The Morgan fingerprint density at radius 2 is 2.12 bits per heavy atom. The largest absolute Gasteiger partial charge is 0.661 e. The van der Waals surface area contributed by atoms with E-state index in [2.05, 4.69) is 62.5 Å². The third-order valence-electron chi connectivity index (χ3n) is 5.88. The molecule has 1 aliphatic carbocycles. The Bertz CT molecular complexity index is 762. The van der Waals surface area contributed by atoms with E-state index in [9.17, 15) is 0 Å². The number of rotatable bonds is 4. The highest BCUT2D eigenvalue weighted by molar-refractivity contribution is 6.21. The highest BCUT2D eigenvalue weighted by Gasteiger charge is 2.46. The molecule has 1 aromatic heterocycles. The molecule has 24 heavy (non-hydrogen) atoms. The van der Waals surface area contributed by atoms with Crippen molar-refractivity contribution in [3.8, 4) is 0 Å². The van der Waals surface area contributed by atoms with Crippen LogP contribution in [0.3, 0.4) is 0 Å². The number of nitrogens with one attached hydrogen (secondary N) is 1. The number of hydrogen-bond acceptors (Lipinski definition) is 0. The summed E-state index contributed by atoms with van der Waals surface area (Å²) < 4.78 is 0. The first-order valence-electron chi connectivity index (χ1n) is 8.52. The number of allylic oxidation sites excluding steroid dienone is 1. The Hall–Kier alpha value is -1.51. The summed E-state index contributed by atoms with van der Waals surface area (Å²) in [5.41, 5.74) is 3.42. The van der Waals surface area contributed by atoms with Crippen LogP contribution >= 0.6 is 11.6 Å². The second-order valence-corrected chi connectivity index (χ2v) is 7.77. The molecule has 1 fully saturated rings. The normalized spacial score (nSPS) is 33.5. The number of likely N-dealkylation sites (N-methyl/N-ethyl adjacent to an activating group) is 1. The molecule has 1 aromatic carbocycles. The van der Waals surface area contributed by atoms with E-state index in [4.69, 9.17) is 16.9 Å². The van der Waals surface area contributed by atoms with Crippen molar-refractivity contribution in [1.82, 2.24) is 4.98 Å². The van der Waals surface area contributed by atoms with Crippen molar-refractivity contribution in [3.63, 3.8) is 0 Å². The van der Waals surface area contributed by atoms with Crippen LogP contribution in [-0.2, 0) is 0 Å². The lowest BCUT2D eigenvalue weighted by molar-refractivity contribution is 0.197. The van der Waals surface area contributed by atoms with Crippen LogP contribution in [0.4, 0.5) is 0 Å². The maximum Gasteiger partial charge on any atom is 0.0456 e. The highest BCUT2D eigenvalue weighted by atomic mass is 35.5. The van der Waals surface area contributed by atoms with Gasteiger partial charge in [0.1, 0.15) is 0 Å². The Kier molecular flexibility index (Phi) is 4.63. The Labute approximate surface area is 150 Å². The van der Waals surface area contributed by atoms with Crippen molar-refractivity contribution >= 4 is 22.5 Å². The highest BCUT2D eigenvalue weighted by Crippen LogP contribution is 2.55. The van der Waals surface area contributed by atoms with Gasteiger partial charge in [0.15, 0.2) is 0 Å². The number of aromatic amines is 1. The molecule has 3 heteroatoms. The quantitative estimate of drug-likeness (QED) is 0.520. The minimum Gasteiger partial charge on any atom is -0.661 e. The predicted octanol–water partition coefficient (Wildman–Crippen LogP) is 6.02. The Morgan fingerprint density at radius 1 is 1.42 bits per heavy atom. The van der Waals surface area contributed by atoms with E-state index in [0.29, 0.717) is 5.92 Å². The Morgan fingerprint density at radius 3 is 2.75 bits per heavy atom. The first-order valence-corrected chi connectivity index (χ1v) is 8.95. The maximum atomic E-state index is 6.80. The molecule has 0 radical (unpaired) electrons. The molecule has 128 valence electrons. The molecule has 1 saturated carbocycles. The fourth-order valence-corrected chi connectivity index (χ4v) is 4.78. The van der Waals surface area contributed by atoms with Crippen molar-refractivity contribution < 1.29 is 0 Å². The first-order chi connectivity index (χ1) is 11.4. The fourth-order valence-electron chi connectivity index (χ4n) is 4.37. The summed E-state index contributed by atoms with van der Waals surface area (Å²) in [6.45, 7) is 12.6. The van der Waals surface area contributed by atoms with Gasteiger partial charge >= 0.3 is 0 Å². The predicted molar refractivity (Wildman–Crippen MR) is 105 cm³/mol. The monoisotopic (exact) mass is 341 g/mol. The zero-order valence-corrected chi connectivity index (χ0v) is 15.5. The summed E-state index contributed by atoms with van der Waals surface area (Å²) in [4.78, 5) is 3.42.